The number of benzene rings is 2. The molecule has 2 aromatic rings. The van der Waals surface area contributed by atoms with E-state index >= 15 is 0 Å². The molecule has 1 aliphatic rings. The van der Waals surface area contributed by atoms with E-state index in [2.05, 4.69) is 17.4 Å². The van der Waals surface area contributed by atoms with Crippen LogP contribution in [0.2, 0.25) is 0 Å². The number of rotatable bonds is 4. The molecule has 1 aliphatic heterocycles. The number of fused-ring (bicyclic) bond motifs is 1. The van der Waals surface area contributed by atoms with Crippen LogP contribution in [-0.2, 0) is 6.42 Å². The molecule has 0 aromatic heterocycles. The number of phenolic OH excluding ortho intramolecular Hbond substituents is 1. The highest BCUT2D eigenvalue weighted by Gasteiger charge is 2.22. The van der Waals surface area contributed by atoms with E-state index in [9.17, 15) is 5.11 Å². The molecule has 1 heterocycles. The lowest BCUT2D eigenvalue weighted by Crippen LogP contribution is -2.30. The van der Waals surface area contributed by atoms with Gasteiger partial charge in [0, 0.05) is 6.54 Å². The summed E-state index contributed by atoms with van der Waals surface area (Å²) in [6.07, 6.45) is 0.988. The van der Waals surface area contributed by atoms with Crippen LogP contribution in [0, 0.1) is 0 Å². The molecular weight excluding hydrogens is 278 g/mol. The first-order valence-corrected chi connectivity index (χ1v) is 7.59. The van der Waals surface area contributed by atoms with Crippen LogP contribution in [0.15, 0.2) is 36.4 Å². The van der Waals surface area contributed by atoms with Crippen molar-refractivity contribution in [3.63, 3.8) is 0 Å². The van der Waals surface area contributed by atoms with Crippen LogP contribution in [0.1, 0.15) is 29.7 Å². The minimum absolute atomic E-state index is 0.105. The first-order valence-electron chi connectivity index (χ1n) is 7.59. The van der Waals surface area contributed by atoms with Gasteiger partial charge in [0.05, 0.1) is 19.8 Å². The molecule has 2 N–H and O–H groups in total. The van der Waals surface area contributed by atoms with E-state index in [1.54, 1.807) is 13.2 Å². The number of methoxy groups -OCH3 is 1. The molecule has 0 spiro atoms. The molecule has 0 saturated heterocycles. The van der Waals surface area contributed by atoms with Crippen molar-refractivity contribution in [1.82, 2.24) is 5.32 Å². The van der Waals surface area contributed by atoms with Crippen LogP contribution in [-0.4, -0.2) is 25.4 Å². The van der Waals surface area contributed by atoms with E-state index in [-0.39, 0.29) is 11.8 Å². The number of hydrogen-bond acceptors (Lipinski definition) is 4. The summed E-state index contributed by atoms with van der Waals surface area (Å²) in [6.45, 7) is 3.58. The summed E-state index contributed by atoms with van der Waals surface area (Å²) < 4.78 is 10.8. The summed E-state index contributed by atoms with van der Waals surface area (Å²) in [5, 5.41) is 13.3. The van der Waals surface area contributed by atoms with Gasteiger partial charge >= 0.3 is 0 Å². The highest BCUT2D eigenvalue weighted by molar-refractivity contribution is 5.48. The highest BCUT2D eigenvalue weighted by atomic mass is 16.5. The van der Waals surface area contributed by atoms with Gasteiger partial charge in [-0.05, 0) is 54.3 Å². The van der Waals surface area contributed by atoms with Crippen molar-refractivity contribution in [2.45, 2.75) is 19.4 Å². The van der Waals surface area contributed by atoms with Crippen LogP contribution in [0.3, 0.4) is 0 Å². The van der Waals surface area contributed by atoms with Gasteiger partial charge in [-0.15, -0.1) is 0 Å². The first-order chi connectivity index (χ1) is 10.7. The zero-order valence-corrected chi connectivity index (χ0v) is 12.9. The fourth-order valence-electron chi connectivity index (χ4n) is 2.97. The third kappa shape index (κ3) is 2.74. The van der Waals surface area contributed by atoms with Crippen molar-refractivity contribution in [3.8, 4) is 17.2 Å². The number of hydrogen-bond donors (Lipinski definition) is 2. The van der Waals surface area contributed by atoms with Crippen LogP contribution in [0.4, 0.5) is 0 Å². The molecule has 1 unspecified atom stereocenters. The summed E-state index contributed by atoms with van der Waals surface area (Å²) in [7, 11) is 1.56. The standard InChI is InChI=1S/C18H21NO3/c1-3-22-14-5-6-15-12(10-14)8-9-19-18(15)13-4-7-16(20)17(11-13)21-2/h4-7,10-11,18-20H,3,8-9H2,1-2H3. The minimum atomic E-state index is 0.105. The van der Waals surface area contributed by atoms with Gasteiger partial charge in [-0.1, -0.05) is 12.1 Å². The normalized spacial score (nSPS) is 16.9. The molecule has 2 aromatic carbocycles. The fourth-order valence-corrected chi connectivity index (χ4v) is 2.97. The van der Waals surface area contributed by atoms with Gasteiger partial charge in [0.1, 0.15) is 5.75 Å². The summed E-state index contributed by atoms with van der Waals surface area (Å²) >= 11 is 0. The molecule has 4 nitrogen and oxygen atoms in total. The number of phenols is 1. The van der Waals surface area contributed by atoms with Gasteiger partial charge in [-0.25, -0.2) is 0 Å². The number of ether oxygens (including phenoxy) is 2. The van der Waals surface area contributed by atoms with E-state index in [0.717, 1.165) is 24.3 Å². The van der Waals surface area contributed by atoms with Crippen molar-refractivity contribution in [2.24, 2.45) is 0 Å². The van der Waals surface area contributed by atoms with Crippen molar-refractivity contribution >= 4 is 0 Å². The smallest absolute Gasteiger partial charge is 0.160 e. The van der Waals surface area contributed by atoms with Crippen LogP contribution in [0.5, 0.6) is 17.2 Å². The Morgan fingerprint density at radius 3 is 2.86 bits per heavy atom. The van der Waals surface area contributed by atoms with Gasteiger partial charge in [0.25, 0.3) is 0 Å². The summed E-state index contributed by atoms with van der Waals surface area (Å²) in [5.41, 5.74) is 3.64. The molecule has 1 atom stereocenters. The average Bonchev–Trinajstić information content (AvgIpc) is 2.55. The predicted molar refractivity (Wildman–Crippen MR) is 85.8 cm³/mol. The van der Waals surface area contributed by atoms with Crippen LogP contribution >= 0.6 is 0 Å². The van der Waals surface area contributed by atoms with Gasteiger partial charge in [0.2, 0.25) is 0 Å². The molecule has 116 valence electrons. The van der Waals surface area contributed by atoms with E-state index in [1.807, 2.05) is 25.1 Å². The Bertz CT molecular complexity index is 669. The van der Waals surface area contributed by atoms with E-state index in [4.69, 9.17) is 9.47 Å². The lowest BCUT2D eigenvalue weighted by atomic mass is 9.89. The monoisotopic (exact) mass is 299 g/mol. The maximum Gasteiger partial charge on any atom is 0.160 e. The Kier molecular flexibility index (Phi) is 4.20. The Balaban J connectivity index is 1.97. The first kappa shape index (κ1) is 14.7. The van der Waals surface area contributed by atoms with E-state index in [0.29, 0.717) is 12.4 Å². The van der Waals surface area contributed by atoms with E-state index < -0.39 is 0 Å². The SMILES string of the molecule is CCOc1ccc2c(c1)CCNC2c1ccc(O)c(OC)c1. The third-order valence-corrected chi connectivity index (χ3v) is 4.02. The molecular formula is C18H21NO3. The van der Waals surface area contributed by atoms with Crippen molar-refractivity contribution in [3.05, 3.63) is 53.1 Å². The zero-order chi connectivity index (χ0) is 15.5. The summed E-state index contributed by atoms with van der Waals surface area (Å²) in [5.74, 6) is 1.58. The maximum atomic E-state index is 9.76. The van der Waals surface area contributed by atoms with Gasteiger partial charge in [-0.2, -0.15) is 0 Å². The van der Waals surface area contributed by atoms with Crippen LogP contribution < -0.4 is 14.8 Å². The van der Waals surface area contributed by atoms with Crippen molar-refractivity contribution < 1.29 is 14.6 Å². The topological polar surface area (TPSA) is 50.7 Å². The van der Waals surface area contributed by atoms with Gasteiger partial charge in [0.15, 0.2) is 11.5 Å². The highest BCUT2D eigenvalue weighted by Crippen LogP contribution is 2.35. The second-order valence-electron chi connectivity index (χ2n) is 5.36. The molecule has 0 aliphatic carbocycles. The fraction of sp³-hybridized carbons (Fsp3) is 0.333. The molecule has 0 amide bonds. The number of aromatic hydroxyl groups is 1. The molecule has 22 heavy (non-hydrogen) atoms. The molecule has 0 saturated carbocycles. The number of nitrogens with one attached hydrogen (secondary N) is 1. The van der Waals surface area contributed by atoms with Crippen LogP contribution in [0.25, 0.3) is 0 Å². The lowest BCUT2D eigenvalue weighted by Gasteiger charge is -2.28. The second-order valence-corrected chi connectivity index (χ2v) is 5.36. The molecule has 3 rings (SSSR count). The largest absolute Gasteiger partial charge is 0.504 e. The maximum absolute atomic E-state index is 9.76. The Hall–Kier alpha value is -2.20. The minimum Gasteiger partial charge on any atom is -0.504 e. The van der Waals surface area contributed by atoms with Crippen molar-refractivity contribution in [2.75, 3.05) is 20.3 Å². The second kappa shape index (κ2) is 6.28. The lowest BCUT2D eigenvalue weighted by molar-refractivity contribution is 0.339. The third-order valence-electron chi connectivity index (χ3n) is 4.02. The van der Waals surface area contributed by atoms with E-state index in [1.165, 1.54) is 11.1 Å². The summed E-state index contributed by atoms with van der Waals surface area (Å²) in [6, 6.07) is 11.9. The predicted octanol–water partition coefficient (Wildman–Crippen LogP) is 3.03. The van der Waals surface area contributed by atoms with Crippen molar-refractivity contribution in [1.29, 1.82) is 0 Å². The summed E-state index contributed by atoms with van der Waals surface area (Å²) in [4.78, 5) is 0. The Morgan fingerprint density at radius 2 is 2.09 bits per heavy atom. The Labute approximate surface area is 130 Å². The quantitative estimate of drug-likeness (QED) is 0.911. The molecule has 0 bridgehead atoms. The average molecular weight is 299 g/mol. The molecule has 0 radical (unpaired) electrons. The molecule has 4 heteroatoms. The zero-order valence-electron chi connectivity index (χ0n) is 12.9. The van der Waals surface area contributed by atoms with Gasteiger partial charge < -0.3 is 19.9 Å². The van der Waals surface area contributed by atoms with Gasteiger partial charge in [-0.3, -0.25) is 0 Å². The Morgan fingerprint density at radius 1 is 1.23 bits per heavy atom. The molecule has 0 fully saturated rings.